The van der Waals surface area contributed by atoms with Crippen molar-refractivity contribution < 1.29 is 22.0 Å². The van der Waals surface area contributed by atoms with Crippen LogP contribution in [0.1, 0.15) is 18.4 Å². The molecule has 8 nitrogen and oxygen atoms in total. The Morgan fingerprint density at radius 3 is 2.35 bits per heavy atom. The van der Waals surface area contributed by atoms with Gasteiger partial charge in [0.2, 0.25) is 21.8 Å². The normalized spacial score (nSPS) is 15.7. The molecule has 1 fully saturated rings. The van der Waals surface area contributed by atoms with Crippen LogP contribution < -0.4 is 5.32 Å². The monoisotopic (exact) mass is 444 g/mol. The molecule has 0 saturated carbocycles. The van der Waals surface area contributed by atoms with Crippen LogP contribution in [0.4, 0.5) is 10.4 Å². The second kappa shape index (κ2) is 8.56. The van der Waals surface area contributed by atoms with E-state index < -0.39 is 15.8 Å². The van der Waals surface area contributed by atoms with E-state index in [1.807, 2.05) is 31.2 Å². The third kappa shape index (κ3) is 4.64. The predicted octanol–water partition coefficient (Wildman–Crippen LogP) is 3.22. The van der Waals surface area contributed by atoms with Crippen molar-refractivity contribution in [1.29, 1.82) is 0 Å². The van der Waals surface area contributed by atoms with Gasteiger partial charge in [-0.05, 0) is 56.2 Å². The molecule has 4 rings (SSSR count). The van der Waals surface area contributed by atoms with Crippen LogP contribution in [0.25, 0.3) is 11.5 Å². The van der Waals surface area contributed by atoms with Gasteiger partial charge in [0, 0.05) is 24.6 Å². The zero-order valence-electron chi connectivity index (χ0n) is 16.8. The molecule has 1 saturated heterocycles. The van der Waals surface area contributed by atoms with E-state index in [4.69, 9.17) is 4.42 Å². The molecular formula is C21H21FN4O4S. The number of amides is 1. The van der Waals surface area contributed by atoms with Crippen LogP contribution in [0, 0.1) is 18.7 Å². The van der Waals surface area contributed by atoms with Gasteiger partial charge in [-0.1, -0.05) is 22.8 Å². The zero-order chi connectivity index (χ0) is 22.0. The van der Waals surface area contributed by atoms with E-state index in [0.29, 0.717) is 18.7 Å². The largest absolute Gasteiger partial charge is 0.403 e. The number of nitrogens with zero attached hydrogens (tertiary/aromatic N) is 3. The molecule has 0 bridgehead atoms. The smallest absolute Gasteiger partial charge is 0.322 e. The summed E-state index contributed by atoms with van der Waals surface area (Å²) in [6.07, 6.45) is 0.705. The molecule has 0 atom stereocenters. The maximum absolute atomic E-state index is 13.1. The van der Waals surface area contributed by atoms with E-state index in [0.717, 1.165) is 23.3 Å². The minimum Gasteiger partial charge on any atom is -0.403 e. The lowest BCUT2D eigenvalue weighted by molar-refractivity contribution is -0.121. The van der Waals surface area contributed by atoms with Crippen LogP contribution in [-0.2, 0) is 14.8 Å². The molecule has 2 heterocycles. The number of benzene rings is 2. The van der Waals surface area contributed by atoms with Crippen LogP contribution in [0.15, 0.2) is 57.8 Å². The summed E-state index contributed by atoms with van der Waals surface area (Å²) in [5.41, 5.74) is 1.85. The molecule has 10 heteroatoms. The summed E-state index contributed by atoms with van der Waals surface area (Å²) < 4.78 is 45.3. The first kappa shape index (κ1) is 21.1. The fourth-order valence-electron chi connectivity index (χ4n) is 3.41. The van der Waals surface area contributed by atoms with Gasteiger partial charge in [-0.3, -0.25) is 10.1 Å². The lowest BCUT2D eigenvalue weighted by Crippen LogP contribution is -2.41. The minimum absolute atomic E-state index is 0.00179. The molecular weight excluding hydrogens is 423 g/mol. The highest BCUT2D eigenvalue weighted by Crippen LogP contribution is 2.26. The second-order valence-corrected chi connectivity index (χ2v) is 9.34. The second-order valence-electron chi connectivity index (χ2n) is 7.40. The Labute approximate surface area is 179 Å². The van der Waals surface area contributed by atoms with Gasteiger partial charge in [-0.15, -0.1) is 5.10 Å². The molecule has 31 heavy (non-hydrogen) atoms. The molecule has 0 aliphatic carbocycles. The molecule has 2 aromatic carbocycles. The Morgan fingerprint density at radius 1 is 1.06 bits per heavy atom. The van der Waals surface area contributed by atoms with Crippen molar-refractivity contribution in [3.8, 4) is 11.5 Å². The summed E-state index contributed by atoms with van der Waals surface area (Å²) >= 11 is 0. The van der Waals surface area contributed by atoms with Crippen molar-refractivity contribution >= 4 is 21.9 Å². The van der Waals surface area contributed by atoms with Crippen LogP contribution >= 0.6 is 0 Å². The lowest BCUT2D eigenvalue weighted by Gasteiger charge is -2.30. The summed E-state index contributed by atoms with van der Waals surface area (Å²) in [5, 5.41) is 10.4. The molecule has 0 unspecified atom stereocenters. The first-order chi connectivity index (χ1) is 14.8. The van der Waals surface area contributed by atoms with E-state index in [9.17, 15) is 17.6 Å². The summed E-state index contributed by atoms with van der Waals surface area (Å²) in [5.74, 6) is -0.872. The molecule has 1 aromatic heterocycles. The topological polar surface area (TPSA) is 105 Å². The Balaban J connectivity index is 1.35. The van der Waals surface area contributed by atoms with Gasteiger partial charge in [0.25, 0.3) is 0 Å². The van der Waals surface area contributed by atoms with Crippen LogP contribution in [-0.4, -0.2) is 41.9 Å². The van der Waals surface area contributed by atoms with Crippen molar-refractivity contribution in [3.63, 3.8) is 0 Å². The molecule has 0 spiro atoms. The number of anilines is 1. The summed E-state index contributed by atoms with van der Waals surface area (Å²) in [4.78, 5) is 12.6. The number of halogens is 1. The van der Waals surface area contributed by atoms with E-state index in [-0.39, 0.29) is 35.8 Å². The molecule has 1 N–H and O–H groups in total. The van der Waals surface area contributed by atoms with Crippen molar-refractivity contribution in [2.24, 2.45) is 5.92 Å². The fourth-order valence-corrected chi connectivity index (χ4v) is 4.88. The predicted molar refractivity (Wildman–Crippen MR) is 111 cm³/mol. The number of hydrogen-bond donors (Lipinski definition) is 1. The Morgan fingerprint density at radius 2 is 1.71 bits per heavy atom. The SMILES string of the molecule is Cc1ccc(-c2nnc(NC(=O)C3CCN(S(=O)(=O)c4ccc(F)cc4)CC3)o2)cc1. The molecule has 3 aromatic rings. The molecule has 1 aliphatic heterocycles. The highest BCUT2D eigenvalue weighted by molar-refractivity contribution is 7.89. The third-order valence-corrected chi connectivity index (χ3v) is 7.14. The number of rotatable bonds is 5. The number of carbonyl (C=O) groups is 1. The fraction of sp³-hybridized carbons (Fsp3) is 0.286. The van der Waals surface area contributed by atoms with Gasteiger partial charge in [0.05, 0.1) is 4.90 Å². The first-order valence-corrected chi connectivity index (χ1v) is 11.2. The van der Waals surface area contributed by atoms with Gasteiger partial charge in [0.15, 0.2) is 0 Å². The van der Waals surface area contributed by atoms with Crippen molar-refractivity contribution in [3.05, 3.63) is 59.9 Å². The highest BCUT2D eigenvalue weighted by atomic mass is 32.2. The molecule has 1 amide bonds. The van der Waals surface area contributed by atoms with E-state index >= 15 is 0 Å². The maximum Gasteiger partial charge on any atom is 0.322 e. The Bertz CT molecular complexity index is 1170. The number of carbonyl (C=O) groups excluding carboxylic acids is 1. The summed E-state index contributed by atoms with van der Waals surface area (Å²) in [6, 6.07) is 12.3. The number of piperidine rings is 1. The van der Waals surface area contributed by atoms with Gasteiger partial charge in [0.1, 0.15) is 5.82 Å². The molecule has 0 radical (unpaired) electrons. The van der Waals surface area contributed by atoms with E-state index in [1.165, 1.54) is 16.4 Å². The summed E-state index contributed by atoms with van der Waals surface area (Å²) in [7, 11) is -3.72. The number of aryl methyl sites for hydroxylation is 1. The average molecular weight is 444 g/mol. The van der Waals surface area contributed by atoms with Gasteiger partial charge < -0.3 is 4.42 Å². The van der Waals surface area contributed by atoms with Crippen LogP contribution in [0.5, 0.6) is 0 Å². The van der Waals surface area contributed by atoms with Crippen molar-refractivity contribution in [2.45, 2.75) is 24.7 Å². The molecule has 1 aliphatic rings. The van der Waals surface area contributed by atoms with Crippen molar-refractivity contribution in [1.82, 2.24) is 14.5 Å². The number of aromatic nitrogens is 2. The molecule has 162 valence electrons. The minimum atomic E-state index is -3.72. The summed E-state index contributed by atoms with van der Waals surface area (Å²) in [6.45, 7) is 2.35. The lowest BCUT2D eigenvalue weighted by atomic mass is 9.97. The average Bonchev–Trinajstić information content (AvgIpc) is 3.23. The number of sulfonamides is 1. The number of nitrogens with one attached hydrogen (secondary N) is 1. The van der Waals surface area contributed by atoms with E-state index in [2.05, 4.69) is 15.5 Å². The standard InChI is InChI=1S/C21H21FN4O4S/c1-14-2-4-16(5-3-14)20-24-25-21(30-20)23-19(27)15-10-12-26(13-11-15)31(28,29)18-8-6-17(22)7-9-18/h2-9,15H,10-13H2,1H3,(H,23,25,27). The van der Waals surface area contributed by atoms with Crippen molar-refractivity contribution in [2.75, 3.05) is 18.4 Å². The van der Waals surface area contributed by atoms with Gasteiger partial charge in [-0.2, -0.15) is 4.31 Å². The quantitative estimate of drug-likeness (QED) is 0.648. The van der Waals surface area contributed by atoms with Crippen LogP contribution in [0.2, 0.25) is 0 Å². The highest BCUT2D eigenvalue weighted by Gasteiger charge is 2.32. The van der Waals surface area contributed by atoms with Gasteiger partial charge >= 0.3 is 6.01 Å². The maximum atomic E-state index is 13.1. The zero-order valence-corrected chi connectivity index (χ0v) is 17.6. The third-order valence-electron chi connectivity index (χ3n) is 5.23. The first-order valence-electron chi connectivity index (χ1n) is 9.80. The Hall–Kier alpha value is -3.11. The van der Waals surface area contributed by atoms with Crippen LogP contribution in [0.3, 0.4) is 0 Å². The van der Waals surface area contributed by atoms with E-state index in [1.54, 1.807) is 0 Å². The van der Waals surface area contributed by atoms with Gasteiger partial charge in [-0.25, -0.2) is 12.8 Å². The number of hydrogen-bond acceptors (Lipinski definition) is 6. The Kier molecular flexibility index (Phi) is 5.84.